The SMILES string of the molecule is CCCCCCCCc1cnc(-c2ccc(OCC(O)COCC(F)(F)F)cc2)nc1. The minimum atomic E-state index is -4.41. The van der Waals surface area contributed by atoms with Crippen LogP contribution in [0.25, 0.3) is 11.4 Å². The summed E-state index contributed by atoms with van der Waals surface area (Å²) in [7, 11) is 0. The Labute approximate surface area is 181 Å². The van der Waals surface area contributed by atoms with Gasteiger partial charge in [0.25, 0.3) is 0 Å². The van der Waals surface area contributed by atoms with Gasteiger partial charge in [-0.2, -0.15) is 13.2 Å². The van der Waals surface area contributed by atoms with Gasteiger partial charge in [0.1, 0.15) is 25.1 Å². The molecule has 5 nitrogen and oxygen atoms in total. The average molecular weight is 441 g/mol. The molecule has 0 amide bonds. The number of rotatable bonds is 14. The fourth-order valence-corrected chi connectivity index (χ4v) is 2.99. The summed E-state index contributed by atoms with van der Waals surface area (Å²) in [6, 6.07) is 6.99. The number of halogens is 3. The van der Waals surface area contributed by atoms with Gasteiger partial charge in [-0.15, -0.1) is 0 Å². The summed E-state index contributed by atoms with van der Waals surface area (Å²) in [6.45, 7) is 0.208. The van der Waals surface area contributed by atoms with E-state index in [-0.39, 0.29) is 6.61 Å². The lowest BCUT2D eigenvalue weighted by Crippen LogP contribution is -2.27. The van der Waals surface area contributed by atoms with Gasteiger partial charge in [-0.3, -0.25) is 0 Å². The third-order valence-electron chi connectivity index (χ3n) is 4.66. The highest BCUT2D eigenvalue weighted by atomic mass is 19.4. The van der Waals surface area contributed by atoms with E-state index in [4.69, 9.17) is 4.74 Å². The first-order valence-corrected chi connectivity index (χ1v) is 10.7. The molecule has 2 aromatic rings. The zero-order valence-electron chi connectivity index (χ0n) is 17.9. The van der Waals surface area contributed by atoms with Crippen LogP contribution in [0.2, 0.25) is 0 Å². The molecule has 0 saturated heterocycles. The number of alkyl halides is 3. The van der Waals surface area contributed by atoms with Gasteiger partial charge in [-0.05, 0) is 42.7 Å². The predicted octanol–water partition coefficient (Wildman–Crippen LogP) is 5.37. The molecule has 0 fully saturated rings. The van der Waals surface area contributed by atoms with Crippen molar-refractivity contribution in [1.82, 2.24) is 9.97 Å². The van der Waals surface area contributed by atoms with Crippen LogP contribution in [0.3, 0.4) is 0 Å². The topological polar surface area (TPSA) is 64.5 Å². The largest absolute Gasteiger partial charge is 0.491 e. The predicted molar refractivity (Wildman–Crippen MR) is 113 cm³/mol. The molecule has 0 aliphatic carbocycles. The van der Waals surface area contributed by atoms with Crippen LogP contribution < -0.4 is 4.74 Å². The number of hydrogen-bond donors (Lipinski definition) is 1. The number of benzene rings is 1. The van der Waals surface area contributed by atoms with Crippen molar-refractivity contribution in [3.05, 3.63) is 42.2 Å². The van der Waals surface area contributed by atoms with E-state index < -0.39 is 25.5 Å². The number of aliphatic hydroxyl groups is 1. The Morgan fingerprint density at radius 2 is 1.58 bits per heavy atom. The number of nitrogens with zero attached hydrogens (tertiary/aromatic N) is 2. The van der Waals surface area contributed by atoms with Crippen molar-refractivity contribution in [1.29, 1.82) is 0 Å². The summed E-state index contributed by atoms with van der Waals surface area (Å²) in [5.41, 5.74) is 1.95. The molecule has 0 saturated carbocycles. The van der Waals surface area contributed by atoms with Gasteiger partial charge in [0.15, 0.2) is 5.82 Å². The van der Waals surface area contributed by atoms with Crippen molar-refractivity contribution in [3.8, 4) is 17.1 Å². The molecule has 8 heteroatoms. The lowest BCUT2D eigenvalue weighted by atomic mass is 10.1. The van der Waals surface area contributed by atoms with E-state index in [2.05, 4.69) is 21.6 Å². The number of unbranched alkanes of at least 4 members (excludes halogenated alkanes) is 5. The van der Waals surface area contributed by atoms with E-state index in [9.17, 15) is 18.3 Å². The molecule has 1 atom stereocenters. The number of aromatic nitrogens is 2. The van der Waals surface area contributed by atoms with E-state index in [0.29, 0.717) is 11.6 Å². The standard InChI is InChI=1S/C23H31F3N2O3/c1-2-3-4-5-6-7-8-18-13-27-22(28-14-18)19-9-11-21(12-10-19)31-16-20(29)15-30-17-23(24,25)26/h9-14,20,29H,2-8,15-17H2,1H3. The van der Waals surface area contributed by atoms with Crippen LogP contribution in [0.1, 0.15) is 51.0 Å². The molecule has 1 unspecified atom stereocenters. The maximum atomic E-state index is 12.0. The van der Waals surface area contributed by atoms with Crippen LogP contribution in [0.4, 0.5) is 13.2 Å². The highest BCUT2D eigenvalue weighted by molar-refractivity contribution is 5.55. The quantitative estimate of drug-likeness (QED) is 0.401. The van der Waals surface area contributed by atoms with Gasteiger partial charge < -0.3 is 14.6 Å². The van der Waals surface area contributed by atoms with Gasteiger partial charge in [0, 0.05) is 18.0 Å². The van der Waals surface area contributed by atoms with Gasteiger partial charge in [-0.25, -0.2) is 9.97 Å². The minimum Gasteiger partial charge on any atom is -0.491 e. The molecular formula is C23H31F3N2O3. The molecule has 1 heterocycles. The first kappa shape index (κ1) is 25.1. The molecule has 172 valence electrons. The zero-order chi connectivity index (χ0) is 22.5. The lowest BCUT2D eigenvalue weighted by molar-refractivity contribution is -0.179. The molecular weight excluding hydrogens is 409 g/mol. The Morgan fingerprint density at radius 1 is 0.935 bits per heavy atom. The Hall–Kier alpha value is -2.19. The van der Waals surface area contributed by atoms with Crippen molar-refractivity contribution in [2.24, 2.45) is 0 Å². The molecule has 0 radical (unpaired) electrons. The average Bonchev–Trinajstić information content (AvgIpc) is 2.75. The van der Waals surface area contributed by atoms with Crippen LogP contribution >= 0.6 is 0 Å². The second kappa shape index (κ2) is 13.3. The van der Waals surface area contributed by atoms with Gasteiger partial charge in [0.05, 0.1) is 6.61 Å². The van der Waals surface area contributed by atoms with Crippen LogP contribution in [0.15, 0.2) is 36.7 Å². The third kappa shape index (κ3) is 10.6. The van der Waals surface area contributed by atoms with Crippen LogP contribution in [-0.2, 0) is 11.2 Å². The first-order chi connectivity index (χ1) is 14.9. The Morgan fingerprint density at radius 3 is 2.23 bits per heavy atom. The Balaban J connectivity index is 1.73. The van der Waals surface area contributed by atoms with Crippen molar-refractivity contribution in [2.45, 2.75) is 64.1 Å². The normalized spacial score (nSPS) is 12.7. The summed E-state index contributed by atoms with van der Waals surface area (Å²) < 4.78 is 45.8. The molecule has 0 aliphatic rings. The van der Waals surface area contributed by atoms with Crippen molar-refractivity contribution >= 4 is 0 Å². The highest BCUT2D eigenvalue weighted by Crippen LogP contribution is 2.20. The number of aliphatic hydroxyl groups excluding tert-OH is 1. The fourth-order valence-electron chi connectivity index (χ4n) is 2.99. The van der Waals surface area contributed by atoms with Crippen LogP contribution in [0, 0.1) is 0 Å². The zero-order valence-corrected chi connectivity index (χ0v) is 17.9. The monoisotopic (exact) mass is 440 g/mol. The second-order valence-electron chi connectivity index (χ2n) is 7.55. The summed E-state index contributed by atoms with van der Waals surface area (Å²) in [4.78, 5) is 8.87. The van der Waals surface area contributed by atoms with Gasteiger partial charge in [0.2, 0.25) is 0 Å². The smallest absolute Gasteiger partial charge is 0.411 e. The molecule has 2 rings (SSSR count). The van der Waals surface area contributed by atoms with Crippen molar-refractivity contribution in [3.63, 3.8) is 0 Å². The van der Waals surface area contributed by atoms with E-state index in [1.54, 1.807) is 24.3 Å². The molecule has 31 heavy (non-hydrogen) atoms. The Bertz CT molecular complexity index is 737. The minimum absolute atomic E-state index is 0.166. The molecule has 1 aromatic heterocycles. The van der Waals surface area contributed by atoms with Gasteiger partial charge >= 0.3 is 6.18 Å². The molecule has 0 spiro atoms. The number of ether oxygens (including phenoxy) is 2. The number of hydrogen-bond acceptors (Lipinski definition) is 5. The maximum Gasteiger partial charge on any atom is 0.411 e. The highest BCUT2D eigenvalue weighted by Gasteiger charge is 2.27. The van der Waals surface area contributed by atoms with Crippen molar-refractivity contribution < 1.29 is 27.8 Å². The third-order valence-corrected chi connectivity index (χ3v) is 4.66. The maximum absolute atomic E-state index is 12.0. The summed E-state index contributed by atoms with van der Waals surface area (Å²) in [5, 5.41) is 9.64. The molecule has 0 aliphatic heterocycles. The summed E-state index contributed by atoms with van der Waals surface area (Å²) in [5.74, 6) is 1.09. The van der Waals surface area contributed by atoms with Crippen LogP contribution in [0.5, 0.6) is 5.75 Å². The van der Waals surface area contributed by atoms with Crippen molar-refractivity contribution in [2.75, 3.05) is 19.8 Å². The second-order valence-corrected chi connectivity index (χ2v) is 7.55. The van der Waals surface area contributed by atoms with E-state index in [1.165, 1.54) is 32.1 Å². The summed E-state index contributed by atoms with van der Waals surface area (Å²) in [6.07, 6.45) is 6.64. The van der Waals surface area contributed by atoms with E-state index >= 15 is 0 Å². The van der Waals surface area contributed by atoms with Gasteiger partial charge in [-0.1, -0.05) is 39.0 Å². The Kier molecular flexibility index (Phi) is 10.7. The van der Waals surface area contributed by atoms with E-state index in [0.717, 1.165) is 24.0 Å². The molecule has 1 aromatic carbocycles. The lowest BCUT2D eigenvalue weighted by Gasteiger charge is -2.14. The number of aryl methyl sites for hydroxylation is 1. The first-order valence-electron chi connectivity index (χ1n) is 10.7. The van der Waals surface area contributed by atoms with E-state index in [1.807, 2.05) is 12.4 Å². The summed E-state index contributed by atoms with van der Waals surface area (Å²) >= 11 is 0. The molecule has 0 bridgehead atoms. The molecule has 1 N–H and O–H groups in total. The van der Waals surface area contributed by atoms with Crippen LogP contribution in [-0.4, -0.2) is 47.2 Å². The fraction of sp³-hybridized carbons (Fsp3) is 0.565.